The molecule has 0 unspecified atom stereocenters. The van der Waals surface area contributed by atoms with E-state index in [1.165, 1.54) is 32.1 Å². The van der Waals surface area contributed by atoms with Crippen LogP contribution in [0, 0.1) is 5.92 Å². The maximum Gasteiger partial charge on any atom is 0.340 e. The number of furan rings is 1. The van der Waals surface area contributed by atoms with Crippen LogP contribution in [0.1, 0.15) is 103 Å². The number of ether oxygens (including phenoxy) is 1. The van der Waals surface area contributed by atoms with Crippen molar-refractivity contribution in [1.82, 2.24) is 15.3 Å². The summed E-state index contributed by atoms with van der Waals surface area (Å²) in [7, 11) is 0. The quantitative estimate of drug-likeness (QED) is 0.177. The molecule has 5 rings (SSSR count). The van der Waals surface area contributed by atoms with Gasteiger partial charge < -0.3 is 24.6 Å². The number of hydrogen-bond donors (Lipinski definition) is 3. The highest BCUT2D eigenvalue weighted by molar-refractivity contribution is 6.10. The Morgan fingerprint density at radius 3 is 2.56 bits per heavy atom. The van der Waals surface area contributed by atoms with Crippen molar-refractivity contribution < 1.29 is 23.8 Å². The van der Waals surface area contributed by atoms with Crippen molar-refractivity contribution >= 4 is 22.8 Å². The summed E-state index contributed by atoms with van der Waals surface area (Å²) >= 11 is 0. The number of nitrogens with zero attached hydrogens (tertiary/aromatic N) is 1. The first-order valence-electron chi connectivity index (χ1n) is 14.7. The van der Waals surface area contributed by atoms with Gasteiger partial charge in [-0.1, -0.05) is 58.1 Å². The topological polar surface area (TPSA) is 117 Å². The maximum atomic E-state index is 13.6. The Balaban J connectivity index is 1.58. The fraction of sp³-hybridized carbons (Fsp3) is 0.424. The molecular weight excluding hydrogens is 518 g/mol. The molecule has 1 amide bonds. The first-order valence-corrected chi connectivity index (χ1v) is 14.7. The smallest absolute Gasteiger partial charge is 0.340 e. The van der Waals surface area contributed by atoms with Crippen LogP contribution in [0.15, 0.2) is 47.1 Å². The third kappa shape index (κ3) is 6.16. The average molecular weight is 558 g/mol. The number of aromatic nitrogens is 2. The molecule has 0 aliphatic heterocycles. The number of carbonyl (C=O) groups is 2. The van der Waals surface area contributed by atoms with Crippen molar-refractivity contribution in [1.29, 1.82) is 0 Å². The molecule has 3 heterocycles. The van der Waals surface area contributed by atoms with E-state index in [0.29, 0.717) is 56.9 Å². The van der Waals surface area contributed by atoms with E-state index in [0.717, 1.165) is 12.1 Å². The first-order chi connectivity index (χ1) is 19.9. The van der Waals surface area contributed by atoms with Crippen LogP contribution in [0.25, 0.3) is 22.0 Å². The Morgan fingerprint density at radius 2 is 1.90 bits per heavy atom. The van der Waals surface area contributed by atoms with E-state index in [2.05, 4.69) is 10.3 Å². The predicted octanol–water partition coefficient (Wildman–Crippen LogP) is 7.27. The van der Waals surface area contributed by atoms with Crippen LogP contribution >= 0.6 is 0 Å². The van der Waals surface area contributed by atoms with Gasteiger partial charge in [0.25, 0.3) is 5.91 Å². The number of esters is 1. The summed E-state index contributed by atoms with van der Waals surface area (Å²) in [6.07, 6.45) is 9.36. The number of benzene rings is 1. The lowest BCUT2D eigenvalue weighted by molar-refractivity contribution is 0.0525. The minimum absolute atomic E-state index is 0.0316. The highest BCUT2D eigenvalue weighted by Crippen LogP contribution is 2.42. The largest absolute Gasteiger partial charge is 0.494 e. The molecule has 0 spiro atoms. The standard InChI is InChI=1S/C33H39N3O5/c1-4-40-33(39)27-25(17-12-21-9-6-5-7-10-21)35-30-28(32(38)36-29(30)20(2)3)26(27)22-13-15-23(16-14-22)31(37)34-19-24-11-8-18-41-24/h8,11,13-16,18,20-21,36,38H,4-7,9-10,12,17,19H2,1-3H3,(H,34,37). The summed E-state index contributed by atoms with van der Waals surface area (Å²) < 4.78 is 10.9. The van der Waals surface area contributed by atoms with Crippen molar-refractivity contribution in [2.75, 3.05) is 6.61 Å². The molecule has 0 radical (unpaired) electrons. The number of H-pyrrole nitrogens is 1. The van der Waals surface area contributed by atoms with Crippen molar-refractivity contribution in [2.24, 2.45) is 5.92 Å². The number of aromatic hydroxyl groups is 1. The Kier molecular flexibility index (Phi) is 8.76. The van der Waals surface area contributed by atoms with E-state index in [1.807, 2.05) is 26.0 Å². The lowest BCUT2D eigenvalue weighted by Gasteiger charge is -2.22. The van der Waals surface area contributed by atoms with E-state index < -0.39 is 5.97 Å². The molecule has 1 aliphatic rings. The van der Waals surface area contributed by atoms with Gasteiger partial charge in [0.2, 0.25) is 0 Å². The van der Waals surface area contributed by atoms with E-state index in [4.69, 9.17) is 14.1 Å². The van der Waals surface area contributed by atoms with Gasteiger partial charge in [-0.15, -0.1) is 0 Å². The van der Waals surface area contributed by atoms with Crippen LogP contribution in [0.2, 0.25) is 0 Å². The van der Waals surface area contributed by atoms with Crippen molar-refractivity contribution in [3.05, 3.63) is 70.9 Å². The van der Waals surface area contributed by atoms with Crippen LogP contribution in [-0.4, -0.2) is 33.6 Å². The second kappa shape index (κ2) is 12.6. The number of amides is 1. The molecule has 8 heteroatoms. The number of hydrogen-bond acceptors (Lipinski definition) is 6. The molecule has 0 bridgehead atoms. The fourth-order valence-electron chi connectivity index (χ4n) is 5.91. The van der Waals surface area contributed by atoms with E-state index in [1.54, 1.807) is 37.5 Å². The summed E-state index contributed by atoms with van der Waals surface area (Å²) in [5.41, 5.74) is 4.32. The summed E-state index contributed by atoms with van der Waals surface area (Å²) in [6, 6.07) is 10.6. The number of pyridine rings is 1. The number of aryl methyl sites for hydroxylation is 1. The minimum atomic E-state index is -0.456. The lowest BCUT2D eigenvalue weighted by Crippen LogP contribution is -2.22. The molecule has 1 aromatic carbocycles. The van der Waals surface area contributed by atoms with Crippen molar-refractivity contribution in [2.45, 2.75) is 78.2 Å². The molecule has 1 fully saturated rings. The molecule has 1 aliphatic carbocycles. The van der Waals surface area contributed by atoms with Gasteiger partial charge >= 0.3 is 5.97 Å². The van der Waals surface area contributed by atoms with Crippen LogP contribution in [0.3, 0.4) is 0 Å². The Labute approximate surface area is 240 Å². The van der Waals surface area contributed by atoms with Crippen LogP contribution < -0.4 is 5.32 Å². The Hall–Kier alpha value is -4.07. The minimum Gasteiger partial charge on any atom is -0.494 e. The highest BCUT2D eigenvalue weighted by Gasteiger charge is 2.29. The van der Waals surface area contributed by atoms with Crippen LogP contribution in [-0.2, 0) is 17.7 Å². The third-order valence-electron chi connectivity index (χ3n) is 8.03. The number of aromatic amines is 1. The summed E-state index contributed by atoms with van der Waals surface area (Å²) in [5.74, 6) is 0.635. The number of rotatable bonds is 10. The predicted molar refractivity (Wildman–Crippen MR) is 158 cm³/mol. The average Bonchev–Trinajstić information content (AvgIpc) is 3.62. The summed E-state index contributed by atoms with van der Waals surface area (Å²) in [6.45, 7) is 6.38. The Bertz CT molecular complexity index is 1500. The maximum absolute atomic E-state index is 13.6. The monoisotopic (exact) mass is 557 g/mol. The van der Waals surface area contributed by atoms with E-state index >= 15 is 0 Å². The second-order valence-electron chi connectivity index (χ2n) is 11.2. The number of nitrogens with one attached hydrogen (secondary N) is 2. The summed E-state index contributed by atoms with van der Waals surface area (Å²) in [4.78, 5) is 34.5. The molecule has 3 N–H and O–H groups in total. The van der Waals surface area contributed by atoms with E-state index in [-0.39, 0.29) is 30.9 Å². The highest BCUT2D eigenvalue weighted by atomic mass is 16.5. The van der Waals surface area contributed by atoms with Gasteiger partial charge in [-0.3, -0.25) is 4.79 Å². The normalized spacial score (nSPS) is 14.0. The van der Waals surface area contributed by atoms with Crippen LogP contribution in [0.5, 0.6) is 5.88 Å². The van der Waals surface area contributed by atoms with Gasteiger partial charge in [0.05, 0.1) is 41.6 Å². The van der Waals surface area contributed by atoms with Gasteiger partial charge in [0.1, 0.15) is 5.76 Å². The molecule has 0 saturated heterocycles. The zero-order valence-corrected chi connectivity index (χ0v) is 24.1. The molecule has 3 aromatic heterocycles. The molecule has 41 heavy (non-hydrogen) atoms. The number of carbonyl (C=O) groups excluding carboxylic acids is 2. The molecule has 8 nitrogen and oxygen atoms in total. The van der Waals surface area contributed by atoms with Gasteiger partial charge in [-0.05, 0) is 61.4 Å². The second-order valence-corrected chi connectivity index (χ2v) is 11.2. The molecule has 1 saturated carbocycles. The van der Waals surface area contributed by atoms with Crippen molar-refractivity contribution in [3.63, 3.8) is 0 Å². The van der Waals surface area contributed by atoms with Crippen molar-refractivity contribution in [3.8, 4) is 17.0 Å². The lowest BCUT2D eigenvalue weighted by atomic mass is 9.84. The van der Waals surface area contributed by atoms with Crippen LogP contribution in [0.4, 0.5) is 0 Å². The SMILES string of the molecule is CCOC(=O)c1c(CCC2CCCCC2)nc2c(C(C)C)[nH]c(O)c2c1-c1ccc(C(=O)NCc2ccco2)cc1. The van der Waals surface area contributed by atoms with Gasteiger partial charge in [0, 0.05) is 16.8 Å². The van der Waals surface area contributed by atoms with Gasteiger partial charge in [-0.2, -0.15) is 0 Å². The third-order valence-corrected chi connectivity index (χ3v) is 8.03. The molecule has 4 aromatic rings. The van der Waals surface area contributed by atoms with E-state index in [9.17, 15) is 14.7 Å². The molecular formula is C33H39N3O5. The zero-order valence-electron chi connectivity index (χ0n) is 24.1. The first kappa shape index (κ1) is 28.5. The molecule has 216 valence electrons. The van der Waals surface area contributed by atoms with Gasteiger partial charge in [0.15, 0.2) is 5.88 Å². The fourth-order valence-corrected chi connectivity index (χ4v) is 5.91. The zero-order chi connectivity index (χ0) is 28.9. The Morgan fingerprint density at radius 1 is 1.15 bits per heavy atom. The van der Waals surface area contributed by atoms with Gasteiger partial charge in [-0.25, -0.2) is 9.78 Å². The molecule has 0 atom stereocenters. The summed E-state index contributed by atoms with van der Waals surface area (Å²) in [5, 5.41) is 14.5. The number of fused-ring (bicyclic) bond motifs is 1.